The van der Waals surface area contributed by atoms with Crippen LogP contribution in [0.2, 0.25) is 5.02 Å². The summed E-state index contributed by atoms with van der Waals surface area (Å²) in [6, 6.07) is 14.8. The maximum absolute atomic E-state index is 13.8. The van der Waals surface area contributed by atoms with Crippen molar-refractivity contribution < 1.29 is 23.6 Å². The van der Waals surface area contributed by atoms with Crippen LogP contribution in [0.4, 0.5) is 5.82 Å². The van der Waals surface area contributed by atoms with E-state index < -0.39 is 17.5 Å². The average molecular weight is 555 g/mol. The van der Waals surface area contributed by atoms with Crippen LogP contribution in [0.25, 0.3) is 0 Å². The Morgan fingerprint density at radius 1 is 1.10 bits per heavy atom. The van der Waals surface area contributed by atoms with E-state index in [9.17, 15) is 14.4 Å². The number of carbonyl (C=O) groups is 3. The molecule has 0 aliphatic rings. The Hall–Kier alpha value is -3.85. The van der Waals surface area contributed by atoms with Crippen molar-refractivity contribution in [2.75, 3.05) is 12.4 Å². The number of amides is 3. The number of ether oxygens (including phenoxy) is 1. The minimum atomic E-state index is -1.03. The number of aryl methyl sites for hydroxylation is 1. The van der Waals surface area contributed by atoms with E-state index in [1.807, 2.05) is 32.9 Å². The van der Waals surface area contributed by atoms with Crippen LogP contribution >= 0.6 is 11.6 Å². The highest BCUT2D eigenvalue weighted by Gasteiger charge is 2.35. The van der Waals surface area contributed by atoms with Crippen molar-refractivity contribution in [1.29, 1.82) is 0 Å². The molecule has 0 radical (unpaired) electrons. The lowest BCUT2D eigenvalue weighted by molar-refractivity contribution is -0.142. The zero-order chi connectivity index (χ0) is 28.6. The fourth-order valence-electron chi connectivity index (χ4n) is 3.88. The van der Waals surface area contributed by atoms with E-state index in [-0.39, 0.29) is 37.0 Å². The minimum Gasteiger partial charge on any atom is -0.497 e. The minimum absolute atomic E-state index is 0.110. The second kappa shape index (κ2) is 13.3. The summed E-state index contributed by atoms with van der Waals surface area (Å²) in [6.45, 7) is 7.63. The zero-order valence-electron chi connectivity index (χ0n) is 22.9. The fourth-order valence-corrected chi connectivity index (χ4v) is 4.12. The number of benzene rings is 2. The van der Waals surface area contributed by atoms with Gasteiger partial charge < -0.3 is 24.8 Å². The monoisotopic (exact) mass is 554 g/mol. The zero-order valence-corrected chi connectivity index (χ0v) is 23.7. The van der Waals surface area contributed by atoms with E-state index in [2.05, 4.69) is 15.8 Å². The summed E-state index contributed by atoms with van der Waals surface area (Å²) < 4.78 is 10.2. The first-order valence-corrected chi connectivity index (χ1v) is 13.1. The van der Waals surface area contributed by atoms with Gasteiger partial charge in [-0.25, -0.2) is 0 Å². The van der Waals surface area contributed by atoms with Gasteiger partial charge in [0, 0.05) is 41.6 Å². The molecule has 0 fully saturated rings. The molecule has 1 heterocycles. The van der Waals surface area contributed by atoms with Gasteiger partial charge in [-0.2, -0.15) is 0 Å². The molecule has 0 aliphatic heterocycles. The summed E-state index contributed by atoms with van der Waals surface area (Å²) >= 11 is 6.56. The largest absolute Gasteiger partial charge is 0.497 e. The average Bonchev–Trinajstić information content (AvgIpc) is 3.32. The summed E-state index contributed by atoms with van der Waals surface area (Å²) in [5, 5.41) is 9.79. The Morgan fingerprint density at radius 2 is 1.79 bits per heavy atom. The molecule has 0 saturated carbocycles. The number of carbonyl (C=O) groups excluding carboxylic acids is 3. The molecule has 1 aromatic heterocycles. The molecule has 0 unspecified atom stereocenters. The van der Waals surface area contributed by atoms with Gasteiger partial charge in [0.1, 0.15) is 17.6 Å². The number of hydrogen-bond donors (Lipinski definition) is 2. The summed E-state index contributed by atoms with van der Waals surface area (Å²) in [7, 11) is 1.57. The molecule has 0 saturated heterocycles. The summed E-state index contributed by atoms with van der Waals surface area (Å²) in [4.78, 5) is 41.6. The van der Waals surface area contributed by atoms with Crippen molar-refractivity contribution in [3.05, 3.63) is 76.5 Å². The van der Waals surface area contributed by atoms with Gasteiger partial charge in [-0.3, -0.25) is 14.4 Å². The summed E-state index contributed by atoms with van der Waals surface area (Å²) in [6.07, 6.45) is 0.438. The van der Waals surface area contributed by atoms with Gasteiger partial charge in [-0.15, -0.1) is 0 Å². The highest BCUT2D eigenvalue weighted by atomic mass is 35.5. The number of aromatic nitrogens is 1. The van der Waals surface area contributed by atoms with Crippen LogP contribution < -0.4 is 15.4 Å². The Balaban J connectivity index is 1.94. The summed E-state index contributed by atoms with van der Waals surface area (Å²) in [5.41, 5.74) is 0.764. The topological polar surface area (TPSA) is 114 Å². The van der Waals surface area contributed by atoms with Crippen molar-refractivity contribution in [2.45, 2.75) is 65.1 Å². The standard InChI is InChI=1S/C29H35ClN4O5/c1-6-29(3,4)32-28(37)27(22-9-7-8-10-23(22)30)34(18-20-11-13-21(38-5)14-12-20)26(36)16-15-25(35)31-24-17-19(2)39-33-24/h7-14,17,27H,6,15-16,18H2,1-5H3,(H,32,37)(H,31,33,35)/t27-/m0/s1. The molecule has 3 amide bonds. The molecule has 0 spiro atoms. The van der Waals surface area contributed by atoms with Gasteiger partial charge >= 0.3 is 0 Å². The third-order valence-electron chi connectivity index (χ3n) is 6.40. The van der Waals surface area contributed by atoms with Gasteiger partial charge in [0.05, 0.1) is 7.11 Å². The quantitative estimate of drug-likeness (QED) is 0.308. The van der Waals surface area contributed by atoms with Crippen LogP contribution in [0.5, 0.6) is 5.75 Å². The van der Waals surface area contributed by atoms with Crippen LogP contribution in [0.3, 0.4) is 0 Å². The number of nitrogens with zero attached hydrogens (tertiary/aromatic N) is 2. The third-order valence-corrected chi connectivity index (χ3v) is 6.74. The fraction of sp³-hybridized carbons (Fsp3) is 0.379. The normalized spacial score (nSPS) is 11.9. The molecule has 10 heteroatoms. The van der Waals surface area contributed by atoms with Gasteiger partial charge in [-0.1, -0.05) is 54.0 Å². The molecule has 2 aromatic carbocycles. The molecule has 208 valence electrons. The van der Waals surface area contributed by atoms with Gasteiger partial charge in [0.2, 0.25) is 17.7 Å². The van der Waals surface area contributed by atoms with E-state index in [1.54, 1.807) is 56.5 Å². The molecular weight excluding hydrogens is 520 g/mol. The second-order valence-corrected chi connectivity index (χ2v) is 10.3. The van der Waals surface area contributed by atoms with E-state index >= 15 is 0 Å². The van der Waals surface area contributed by atoms with Crippen molar-refractivity contribution in [3.8, 4) is 5.75 Å². The number of rotatable bonds is 12. The maximum atomic E-state index is 13.8. The smallest absolute Gasteiger partial charge is 0.247 e. The van der Waals surface area contributed by atoms with Crippen molar-refractivity contribution in [2.24, 2.45) is 0 Å². The molecular formula is C29H35ClN4O5. The maximum Gasteiger partial charge on any atom is 0.247 e. The molecule has 2 N–H and O–H groups in total. The second-order valence-electron chi connectivity index (χ2n) is 9.89. The third kappa shape index (κ3) is 8.32. The molecule has 39 heavy (non-hydrogen) atoms. The first kappa shape index (κ1) is 29.7. The lowest BCUT2D eigenvalue weighted by atomic mass is 9.98. The first-order chi connectivity index (χ1) is 18.5. The van der Waals surface area contributed by atoms with Crippen LogP contribution in [0, 0.1) is 6.92 Å². The predicted octanol–water partition coefficient (Wildman–Crippen LogP) is 5.44. The van der Waals surface area contributed by atoms with Crippen LogP contribution in [-0.2, 0) is 20.9 Å². The van der Waals surface area contributed by atoms with Gasteiger partial charge in [0.25, 0.3) is 0 Å². The Labute approximate surface area is 233 Å². The van der Waals surface area contributed by atoms with Crippen molar-refractivity contribution >= 4 is 35.1 Å². The Kier molecular flexibility index (Phi) is 10.1. The van der Waals surface area contributed by atoms with E-state index in [0.717, 1.165) is 5.56 Å². The van der Waals surface area contributed by atoms with E-state index in [4.69, 9.17) is 20.9 Å². The number of hydrogen-bond acceptors (Lipinski definition) is 6. The Bertz CT molecular complexity index is 1290. The number of anilines is 1. The summed E-state index contributed by atoms with van der Waals surface area (Å²) in [5.74, 6) is 0.352. The molecule has 1 atom stereocenters. The van der Waals surface area contributed by atoms with Crippen molar-refractivity contribution in [3.63, 3.8) is 0 Å². The molecule has 3 rings (SSSR count). The van der Waals surface area contributed by atoms with E-state index in [0.29, 0.717) is 28.5 Å². The van der Waals surface area contributed by atoms with Gasteiger partial charge in [0.15, 0.2) is 5.82 Å². The predicted molar refractivity (Wildman–Crippen MR) is 149 cm³/mol. The van der Waals surface area contributed by atoms with Gasteiger partial charge in [-0.05, 0) is 51.0 Å². The van der Waals surface area contributed by atoms with Crippen molar-refractivity contribution in [1.82, 2.24) is 15.4 Å². The van der Waals surface area contributed by atoms with Crippen LogP contribution in [0.15, 0.2) is 59.1 Å². The SMILES string of the molecule is CCC(C)(C)NC(=O)[C@H](c1ccccc1Cl)N(Cc1ccc(OC)cc1)C(=O)CCC(=O)Nc1cc(C)on1. The molecule has 0 bridgehead atoms. The highest BCUT2D eigenvalue weighted by Crippen LogP contribution is 2.31. The van der Waals surface area contributed by atoms with Crippen LogP contribution in [0.1, 0.15) is 63.0 Å². The molecule has 0 aliphatic carbocycles. The Morgan fingerprint density at radius 3 is 2.38 bits per heavy atom. The molecule has 9 nitrogen and oxygen atoms in total. The number of methoxy groups -OCH3 is 1. The highest BCUT2D eigenvalue weighted by molar-refractivity contribution is 6.31. The lowest BCUT2D eigenvalue weighted by Gasteiger charge is -2.35. The number of halogens is 1. The lowest BCUT2D eigenvalue weighted by Crippen LogP contribution is -2.50. The van der Waals surface area contributed by atoms with Crippen LogP contribution in [-0.4, -0.2) is 40.4 Å². The molecule has 3 aromatic rings. The van der Waals surface area contributed by atoms with E-state index in [1.165, 1.54) is 4.90 Å². The number of nitrogens with one attached hydrogen (secondary N) is 2. The first-order valence-electron chi connectivity index (χ1n) is 12.7.